The molecule has 0 fully saturated rings. The van der Waals surface area contributed by atoms with Gasteiger partial charge in [0.2, 0.25) is 0 Å². The third-order valence-corrected chi connectivity index (χ3v) is 4.13. The third-order valence-electron chi connectivity index (χ3n) is 4.13. The number of esters is 1. The molecule has 6 nitrogen and oxygen atoms in total. The monoisotopic (exact) mass is 387 g/mol. The molecule has 6 heteroatoms. The summed E-state index contributed by atoms with van der Waals surface area (Å²) in [6, 6.07) is 22.9. The fourth-order valence-corrected chi connectivity index (χ4v) is 2.50. The highest BCUT2D eigenvalue weighted by Gasteiger charge is 2.09. The van der Waals surface area contributed by atoms with Gasteiger partial charge in [-0.05, 0) is 66.2 Å². The van der Waals surface area contributed by atoms with Gasteiger partial charge in [-0.2, -0.15) is 5.10 Å². The molecule has 1 N–H and O–H groups in total. The lowest BCUT2D eigenvalue weighted by molar-refractivity contribution is 0.0734. The second kappa shape index (κ2) is 9.32. The third kappa shape index (κ3) is 5.52. The number of hydrazone groups is 1. The van der Waals surface area contributed by atoms with Crippen molar-refractivity contribution in [3.8, 4) is 5.75 Å². The molecular weight excluding hydrogens is 366 g/mol. The smallest absolute Gasteiger partial charge is 0.343 e. The van der Waals surface area contributed by atoms with Crippen molar-refractivity contribution in [2.24, 2.45) is 5.10 Å². The maximum absolute atomic E-state index is 12.3. The first kappa shape index (κ1) is 19.8. The average molecular weight is 387 g/mol. The molecule has 0 spiro atoms. The minimum Gasteiger partial charge on any atom is -0.423 e. The van der Waals surface area contributed by atoms with Crippen LogP contribution in [0.3, 0.4) is 0 Å². The number of ether oxygens (including phenoxy) is 1. The molecule has 0 heterocycles. The van der Waals surface area contributed by atoms with Gasteiger partial charge in [-0.25, -0.2) is 10.2 Å². The second-order valence-electron chi connectivity index (χ2n) is 6.47. The lowest BCUT2D eigenvalue weighted by atomic mass is 10.2. The van der Waals surface area contributed by atoms with Crippen LogP contribution < -0.4 is 15.1 Å². The van der Waals surface area contributed by atoms with E-state index in [0.717, 1.165) is 11.3 Å². The lowest BCUT2D eigenvalue weighted by Gasteiger charge is -2.12. The molecule has 0 unspecified atom stereocenters. The van der Waals surface area contributed by atoms with Crippen LogP contribution in [0.5, 0.6) is 5.75 Å². The Hall–Kier alpha value is -3.93. The predicted octanol–water partition coefficient (Wildman–Crippen LogP) is 3.74. The summed E-state index contributed by atoms with van der Waals surface area (Å²) in [5, 5.41) is 3.94. The zero-order valence-electron chi connectivity index (χ0n) is 16.2. The number of hydrogen-bond acceptors (Lipinski definition) is 5. The van der Waals surface area contributed by atoms with Crippen LogP contribution in [0, 0.1) is 0 Å². The Morgan fingerprint density at radius 3 is 2.14 bits per heavy atom. The topological polar surface area (TPSA) is 71.0 Å². The van der Waals surface area contributed by atoms with Crippen LogP contribution in [0.25, 0.3) is 0 Å². The fraction of sp³-hybridized carbons (Fsp3) is 0.0870. The molecule has 0 aromatic heterocycles. The van der Waals surface area contributed by atoms with Crippen LogP contribution in [-0.4, -0.2) is 32.2 Å². The zero-order chi connectivity index (χ0) is 20.6. The van der Waals surface area contributed by atoms with E-state index in [9.17, 15) is 9.59 Å². The number of anilines is 1. The summed E-state index contributed by atoms with van der Waals surface area (Å²) in [6.45, 7) is 0. The molecule has 0 bridgehead atoms. The summed E-state index contributed by atoms with van der Waals surface area (Å²) < 4.78 is 5.39. The van der Waals surface area contributed by atoms with E-state index in [4.69, 9.17) is 4.74 Å². The Kier molecular flexibility index (Phi) is 6.37. The highest BCUT2D eigenvalue weighted by molar-refractivity contribution is 5.95. The first-order valence-corrected chi connectivity index (χ1v) is 9.01. The maximum atomic E-state index is 12.3. The fourth-order valence-electron chi connectivity index (χ4n) is 2.50. The number of carbonyl (C=O) groups excluding carboxylic acids is 2. The molecule has 3 rings (SSSR count). The number of benzene rings is 3. The van der Waals surface area contributed by atoms with Gasteiger partial charge in [0.25, 0.3) is 5.91 Å². The Bertz CT molecular complexity index is 996. The quantitative estimate of drug-likeness (QED) is 0.303. The Morgan fingerprint density at radius 1 is 0.862 bits per heavy atom. The SMILES string of the molecule is CN(C)c1ccc(C(=O)Oc2ccc(/C=N/NC(=O)c3ccccc3)cc2)cc1. The van der Waals surface area contributed by atoms with E-state index >= 15 is 0 Å². The maximum Gasteiger partial charge on any atom is 0.343 e. The number of hydrogen-bond donors (Lipinski definition) is 1. The molecule has 1 amide bonds. The van der Waals surface area contributed by atoms with Gasteiger partial charge in [0, 0.05) is 25.3 Å². The Morgan fingerprint density at radius 2 is 1.52 bits per heavy atom. The summed E-state index contributed by atoms with van der Waals surface area (Å²) in [6.07, 6.45) is 1.52. The molecule has 3 aromatic rings. The highest BCUT2D eigenvalue weighted by Crippen LogP contribution is 2.16. The molecule has 0 atom stereocenters. The van der Waals surface area contributed by atoms with Gasteiger partial charge in [-0.15, -0.1) is 0 Å². The number of nitrogens with zero attached hydrogens (tertiary/aromatic N) is 2. The van der Waals surface area contributed by atoms with Crippen LogP contribution in [0.2, 0.25) is 0 Å². The number of carbonyl (C=O) groups is 2. The van der Waals surface area contributed by atoms with Gasteiger partial charge in [0.1, 0.15) is 5.75 Å². The van der Waals surface area contributed by atoms with Crippen molar-refractivity contribution in [1.82, 2.24) is 5.43 Å². The summed E-state index contributed by atoms with van der Waals surface area (Å²) in [7, 11) is 3.87. The van der Waals surface area contributed by atoms with Crippen molar-refractivity contribution in [2.45, 2.75) is 0 Å². The van der Waals surface area contributed by atoms with Crippen LogP contribution in [-0.2, 0) is 0 Å². The number of nitrogens with one attached hydrogen (secondary N) is 1. The van der Waals surface area contributed by atoms with Gasteiger partial charge in [-0.3, -0.25) is 4.79 Å². The first-order valence-electron chi connectivity index (χ1n) is 9.01. The average Bonchev–Trinajstić information content (AvgIpc) is 2.75. The Labute approximate surface area is 169 Å². The van der Waals surface area contributed by atoms with Gasteiger partial charge in [-0.1, -0.05) is 18.2 Å². The van der Waals surface area contributed by atoms with Gasteiger partial charge >= 0.3 is 5.97 Å². The van der Waals surface area contributed by atoms with Crippen molar-refractivity contribution < 1.29 is 14.3 Å². The lowest BCUT2D eigenvalue weighted by Crippen LogP contribution is -2.17. The van der Waals surface area contributed by atoms with E-state index in [2.05, 4.69) is 10.5 Å². The molecule has 0 saturated heterocycles. The van der Waals surface area contributed by atoms with E-state index in [0.29, 0.717) is 16.9 Å². The van der Waals surface area contributed by atoms with Crippen LogP contribution in [0.15, 0.2) is 84.0 Å². The summed E-state index contributed by atoms with van der Waals surface area (Å²) in [5.74, 6) is -0.281. The second-order valence-corrected chi connectivity index (χ2v) is 6.47. The molecule has 0 aliphatic carbocycles. The van der Waals surface area contributed by atoms with E-state index in [1.807, 2.05) is 37.2 Å². The molecule has 0 radical (unpaired) electrons. The van der Waals surface area contributed by atoms with Crippen molar-refractivity contribution in [1.29, 1.82) is 0 Å². The highest BCUT2D eigenvalue weighted by atomic mass is 16.5. The van der Waals surface area contributed by atoms with Crippen LogP contribution in [0.4, 0.5) is 5.69 Å². The van der Waals surface area contributed by atoms with E-state index in [1.54, 1.807) is 60.7 Å². The first-order chi connectivity index (χ1) is 14.0. The molecule has 0 saturated carbocycles. The molecule has 3 aromatic carbocycles. The molecular formula is C23H21N3O3. The van der Waals surface area contributed by atoms with E-state index in [1.165, 1.54) is 6.21 Å². The minimum atomic E-state index is -0.424. The summed E-state index contributed by atoms with van der Waals surface area (Å²) in [4.78, 5) is 26.1. The van der Waals surface area contributed by atoms with Crippen molar-refractivity contribution in [2.75, 3.05) is 19.0 Å². The molecule has 0 aliphatic heterocycles. The normalized spacial score (nSPS) is 10.6. The van der Waals surface area contributed by atoms with Gasteiger partial charge in [0.05, 0.1) is 11.8 Å². The number of amides is 1. The van der Waals surface area contributed by atoms with Gasteiger partial charge < -0.3 is 9.64 Å². The minimum absolute atomic E-state index is 0.285. The zero-order valence-corrected chi connectivity index (χ0v) is 16.2. The van der Waals surface area contributed by atoms with Crippen LogP contribution in [0.1, 0.15) is 26.3 Å². The Balaban J connectivity index is 1.55. The molecule has 146 valence electrons. The van der Waals surface area contributed by atoms with Crippen molar-refractivity contribution in [3.63, 3.8) is 0 Å². The van der Waals surface area contributed by atoms with Gasteiger partial charge in [0.15, 0.2) is 0 Å². The molecule has 29 heavy (non-hydrogen) atoms. The summed E-state index contributed by atoms with van der Waals surface area (Å²) >= 11 is 0. The standard InChI is InChI=1S/C23H21N3O3/c1-26(2)20-12-10-19(11-13-20)23(28)29-21-14-8-17(9-15-21)16-24-25-22(27)18-6-4-3-5-7-18/h3-16H,1-2H3,(H,25,27)/b24-16+. The van der Waals surface area contributed by atoms with Crippen molar-refractivity contribution in [3.05, 3.63) is 95.6 Å². The number of rotatable bonds is 6. The summed E-state index contributed by atoms with van der Waals surface area (Å²) in [5.41, 5.74) is 5.24. The predicted molar refractivity (Wildman–Crippen MR) is 114 cm³/mol. The van der Waals surface area contributed by atoms with E-state index in [-0.39, 0.29) is 5.91 Å². The van der Waals surface area contributed by atoms with E-state index < -0.39 is 5.97 Å². The van der Waals surface area contributed by atoms with Crippen molar-refractivity contribution >= 4 is 23.8 Å². The molecule has 0 aliphatic rings. The van der Waals surface area contributed by atoms with Crippen LogP contribution >= 0.6 is 0 Å². The largest absolute Gasteiger partial charge is 0.423 e.